The minimum absolute atomic E-state index is 0.0330. The molecule has 1 amide bonds. The number of hydrogen-bond acceptors (Lipinski definition) is 2. The molecule has 114 valence electrons. The number of quaternary nitrogens is 1. The van der Waals surface area contributed by atoms with Gasteiger partial charge in [0, 0.05) is 9.79 Å². The Balaban J connectivity index is 2.19. The monoisotopic (exact) mass is 325 g/mol. The molecule has 0 aliphatic carbocycles. The highest BCUT2D eigenvalue weighted by atomic mass is 32.2. The van der Waals surface area contributed by atoms with Crippen molar-refractivity contribution >= 4 is 29.0 Å². The third-order valence-corrected chi connectivity index (χ3v) is 4.45. The smallest absolute Gasteiger partial charge is 0.350 e. The highest BCUT2D eigenvalue weighted by molar-refractivity contribution is 7.99. The van der Waals surface area contributed by atoms with E-state index in [2.05, 4.69) is 5.73 Å². The van der Waals surface area contributed by atoms with E-state index in [1.54, 1.807) is 12.1 Å². The number of rotatable bonds is 1. The van der Waals surface area contributed by atoms with Crippen molar-refractivity contribution in [3.63, 3.8) is 0 Å². The van der Waals surface area contributed by atoms with Gasteiger partial charge in [-0.3, -0.25) is 9.69 Å². The van der Waals surface area contributed by atoms with Crippen LogP contribution in [0.1, 0.15) is 5.56 Å². The van der Waals surface area contributed by atoms with E-state index in [1.807, 2.05) is 12.1 Å². The van der Waals surface area contributed by atoms with Crippen LogP contribution in [0, 0.1) is 0 Å². The predicted molar refractivity (Wildman–Crippen MR) is 76.9 cm³/mol. The van der Waals surface area contributed by atoms with Gasteiger partial charge in [0.1, 0.15) is 0 Å². The first-order chi connectivity index (χ1) is 10.4. The molecule has 0 unspecified atom stereocenters. The molecule has 3 nitrogen and oxygen atoms in total. The molecule has 0 spiro atoms. The zero-order chi connectivity index (χ0) is 15.9. The van der Waals surface area contributed by atoms with Crippen LogP contribution in [0.2, 0.25) is 0 Å². The lowest BCUT2D eigenvalue weighted by atomic mass is 10.1. The lowest BCUT2D eigenvalue weighted by Gasteiger charge is -2.30. The number of halogens is 3. The Hall–Kier alpha value is -1.99. The van der Waals surface area contributed by atoms with Gasteiger partial charge >= 0.3 is 6.18 Å². The maximum absolute atomic E-state index is 12.9. The zero-order valence-corrected chi connectivity index (χ0v) is 12.2. The number of benzene rings is 2. The van der Waals surface area contributed by atoms with Crippen LogP contribution in [-0.4, -0.2) is 12.5 Å². The minimum atomic E-state index is -4.45. The normalized spacial score (nSPS) is 13.5. The number of amides is 1. The molecule has 1 aliphatic heterocycles. The van der Waals surface area contributed by atoms with E-state index in [-0.39, 0.29) is 18.1 Å². The molecule has 0 atom stereocenters. The van der Waals surface area contributed by atoms with Crippen LogP contribution in [0.5, 0.6) is 0 Å². The molecule has 2 aromatic rings. The number of carbonyl (C=O) groups is 1. The van der Waals surface area contributed by atoms with E-state index in [1.165, 1.54) is 22.7 Å². The van der Waals surface area contributed by atoms with E-state index in [0.717, 1.165) is 17.0 Å². The third-order valence-electron chi connectivity index (χ3n) is 3.32. The number of nitrogens with zero attached hydrogens (tertiary/aromatic N) is 1. The second-order valence-corrected chi connectivity index (χ2v) is 5.81. The third kappa shape index (κ3) is 2.46. The van der Waals surface area contributed by atoms with Crippen molar-refractivity contribution in [1.29, 1.82) is 0 Å². The lowest BCUT2D eigenvalue weighted by Crippen LogP contribution is -2.57. The Labute approximate surface area is 128 Å². The number of hydrogen-bond donors (Lipinski definition) is 1. The van der Waals surface area contributed by atoms with Crippen LogP contribution < -0.4 is 10.6 Å². The second-order valence-electron chi connectivity index (χ2n) is 4.73. The average Bonchev–Trinajstić information content (AvgIpc) is 2.50. The van der Waals surface area contributed by atoms with Crippen molar-refractivity contribution in [2.75, 3.05) is 11.4 Å². The summed E-state index contributed by atoms with van der Waals surface area (Å²) in [7, 11) is 0. The van der Waals surface area contributed by atoms with Gasteiger partial charge in [-0.15, -0.1) is 0 Å². The van der Waals surface area contributed by atoms with Gasteiger partial charge < -0.3 is 5.73 Å². The van der Waals surface area contributed by atoms with Crippen LogP contribution in [-0.2, 0) is 11.0 Å². The molecule has 3 N–H and O–H groups in total. The number of fused-ring (bicyclic) bond motifs is 2. The van der Waals surface area contributed by atoms with Gasteiger partial charge in [0.2, 0.25) is 0 Å². The van der Waals surface area contributed by atoms with Crippen molar-refractivity contribution < 1.29 is 23.7 Å². The van der Waals surface area contributed by atoms with E-state index < -0.39 is 11.7 Å². The highest BCUT2D eigenvalue weighted by Gasteiger charge is 2.34. The molecule has 3 rings (SSSR count). The maximum atomic E-state index is 12.9. The van der Waals surface area contributed by atoms with Crippen molar-refractivity contribution in [3.05, 3.63) is 48.0 Å². The summed E-state index contributed by atoms with van der Waals surface area (Å²) in [6.45, 7) is -0.0330. The predicted octanol–water partition coefficient (Wildman–Crippen LogP) is 3.08. The Morgan fingerprint density at radius 3 is 2.45 bits per heavy atom. The van der Waals surface area contributed by atoms with Crippen molar-refractivity contribution in [2.45, 2.75) is 16.0 Å². The first-order valence-corrected chi connectivity index (χ1v) is 7.34. The molecule has 2 aromatic carbocycles. The molecule has 0 fully saturated rings. The molecule has 0 aromatic heterocycles. The maximum Gasteiger partial charge on any atom is 0.416 e. The molecule has 1 heterocycles. The number of anilines is 2. The molecule has 22 heavy (non-hydrogen) atoms. The molecule has 0 saturated carbocycles. The number of carbonyl (C=O) groups excluding carboxylic acids is 1. The largest absolute Gasteiger partial charge is 0.416 e. The van der Waals surface area contributed by atoms with Gasteiger partial charge in [0.15, 0.2) is 6.54 Å². The molecule has 0 bridgehead atoms. The summed E-state index contributed by atoms with van der Waals surface area (Å²) in [6, 6.07) is 10.6. The topological polar surface area (TPSA) is 48.0 Å². The van der Waals surface area contributed by atoms with E-state index in [0.29, 0.717) is 10.6 Å². The average molecular weight is 325 g/mol. The van der Waals surface area contributed by atoms with Gasteiger partial charge in [0.05, 0.1) is 16.9 Å². The SMILES string of the molecule is [NH3+]CC(=O)N1c2ccccc2Sc2ccc(C(F)(F)F)cc21. The van der Waals surface area contributed by atoms with Crippen molar-refractivity contribution in [1.82, 2.24) is 0 Å². The Morgan fingerprint density at radius 2 is 1.77 bits per heavy atom. The fourth-order valence-corrected chi connectivity index (χ4v) is 3.35. The van der Waals surface area contributed by atoms with Gasteiger partial charge in [-0.05, 0) is 30.3 Å². The van der Waals surface area contributed by atoms with Crippen LogP contribution in [0.25, 0.3) is 0 Å². The van der Waals surface area contributed by atoms with Gasteiger partial charge in [0.25, 0.3) is 5.91 Å². The summed E-state index contributed by atoms with van der Waals surface area (Å²) in [5, 5.41) is 0. The first-order valence-electron chi connectivity index (χ1n) is 6.52. The Morgan fingerprint density at radius 1 is 1.09 bits per heavy atom. The van der Waals surface area contributed by atoms with Gasteiger partial charge in [-0.1, -0.05) is 23.9 Å². The molecular weight excluding hydrogens is 313 g/mol. The standard InChI is InChI=1S/C15H11F3N2OS/c16-15(17,18)9-5-6-13-11(7-9)20(14(21)8-19)10-3-1-2-4-12(10)22-13/h1-7H,8,19H2/p+1. The highest BCUT2D eigenvalue weighted by Crippen LogP contribution is 2.49. The summed E-state index contributed by atoms with van der Waals surface area (Å²) in [4.78, 5) is 15.0. The van der Waals surface area contributed by atoms with Crippen LogP contribution >= 0.6 is 11.8 Å². The van der Waals surface area contributed by atoms with Crippen molar-refractivity contribution in [3.8, 4) is 0 Å². The number of para-hydroxylation sites is 1. The lowest BCUT2D eigenvalue weighted by molar-refractivity contribution is -0.354. The van der Waals surface area contributed by atoms with E-state index >= 15 is 0 Å². The quantitative estimate of drug-likeness (QED) is 0.876. The molecule has 7 heteroatoms. The fraction of sp³-hybridized carbons (Fsp3) is 0.133. The summed E-state index contributed by atoms with van der Waals surface area (Å²) in [5.41, 5.74) is 3.63. The van der Waals surface area contributed by atoms with E-state index in [9.17, 15) is 18.0 Å². The molecule has 0 radical (unpaired) electrons. The minimum Gasteiger partial charge on any atom is -0.350 e. The van der Waals surface area contributed by atoms with Gasteiger partial charge in [-0.2, -0.15) is 13.2 Å². The van der Waals surface area contributed by atoms with Crippen LogP contribution in [0.15, 0.2) is 52.3 Å². The first kappa shape index (κ1) is 14.9. The Bertz CT molecular complexity index is 746. The fourth-order valence-electron chi connectivity index (χ4n) is 2.31. The summed E-state index contributed by atoms with van der Waals surface area (Å²) in [6.07, 6.45) is -4.45. The molecular formula is C15H12F3N2OS+. The summed E-state index contributed by atoms with van der Waals surface area (Å²) in [5.74, 6) is -0.340. The summed E-state index contributed by atoms with van der Waals surface area (Å²) >= 11 is 1.35. The number of alkyl halides is 3. The second kappa shape index (κ2) is 5.33. The van der Waals surface area contributed by atoms with Crippen molar-refractivity contribution in [2.24, 2.45) is 0 Å². The Kier molecular flexibility index (Phi) is 3.62. The molecule has 1 aliphatic rings. The van der Waals surface area contributed by atoms with E-state index in [4.69, 9.17) is 0 Å². The van der Waals surface area contributed by atoms with Crippen LogP contribution in [0.4, 0.5) is 24.5 Å². The zero-order valence-electron chi connectivity index (χ0n) is 11.4. The van der Waals surface area contributed by atoms with Crippen LogP contribution in [0.3, 0.4) is 0 Å². The summed E-state index contributed by atoms with van der Waals surface area (Å²) < 4.78 is 38.8. The molecule has 0 saturated heterocycles. The van der Waals surface area contributed by atoms with Gasteiger partial charge in [-0.25, -0.2) is 0 Å².